The summed E-state index contributed by atoms with van der Waals surface area (Å²) in [7, 11) is 2.04. The molecule has 3 unspecified atom stereocenters. The molecule has 0 bridgehead atoms. The minimum atomic E-state index is 0.618. The fraction of sp³-hybridized carbons (Fsp3) is 1.00. The maximum Gasteiger partial charge on any atom is 0.0163 e. The van der Waals surface area contributed by atoms with E-state index in [1.54, 1.807) is 0 Å². The number of likely N-dealkylation sites (N-methyl/N-ethyl adjacent to an activating group) is 1. The number of nitrogens with one attached hydrogen (secondary N) is 1. The van der Waals surface area contributed by atoms with E-state index in [4.69, 9.17) is 0 Å². The molecule has 1 N–H and O–H groups in total. The minimum absolute atomic E-state index is 0.618. The third-order valence-corrected chi connectivity index (χ3v) is 3.25. The van der Waals surface area contributed by atoms with Crippen molar-refractivity contribution in [2.24, 2.45) is 5.92 Å². The molecule has 78 valence electrons. The van der Waals surface area contributed by atoms with Crippen molar-refractivity contribution in [2.45, 2.75) is 45.7 Å². The van der Waals surface area contributed by atoms with Gasteiger partial charge in [0, 0.05) is 25.2 Å². The molecular weight excluding hydrogens is 160 g/mol. The predicted molar refractivity (Wildman–Crippen MR) is 58.0 cm³/mol. The van der Waals surface area contributed by atoms with Crippen LogP contribution in [0.5, 0.6) is 0 Å². The van der Waals surface area contributed by atoms with Crippen LogP contribution < -0.4 is 5.32 Å². The summed E-state index contributed by atoms with van der Waals surface area (Å²) in [5.74, 6) is 0.889. The van der Waals surface area contributed by atoms with E-state index in [-0.39, 0.29) is 0 Å². The van der Waals surface area contributed by atoms with Crippen LogP contribution in [-0.4, -0.2) is 37.1 Å². The van der Waals surface area contributed by atoms with Crippen molar-refractivity contribution in [1.29, 1.82) is 0 Å². The first-order chi connectivity index (χ1) is 6.13. The van der Waals surface area contributed by atoms with E-state index in [1.807, 2.05) is 7.05 Å². The number of hydrogen-bond donors (Lipinski definition) is 1. The molecule has 0 aromatic heterocycles. The predicted octanol–water partition coefficient (Wildman–Crippen LogP) is 1.71. The first-order valence-electron chi connectivity index (χ1n) is 5.54. The Bertz CT molecular complexity index is 147. The molecule has 0 amide bonds. The Balaban J connectivity index is 2.37. The zero-order chi connectivity index (χ0) is 9.84. The smallest absolute Gasteiger partial charge is 0.0163 e. The van der Waals surface area contributed by atoms with Gasteiger partial charge in [0.25, 0.3) is 0 Å². The molecule has 1 saturated heterocycles. The summed E-state index contributed by atoms with van der Waals surface area (Å²) >= 11 is 0. The molecule has 1 rings (SSSR count). The fourth-order valence-electron chi connectivity index (χ4n) is 2.08. The van der Waals surface area contributed by atoms with E-state index in [0.717, 1.165) is 12.0 Å². The van der Waals surface area contributed by atoms with Crippen molar-refractivity contribution >= 4 is 0 Å². The summed E-state index contributed by atoms with van der Waals surface area (Å²) < 4.78 is 0. The lowest BCUT2D eigenvalue weighted by Crippen LogP contribution is -2.46. The first kappa shape index (κ1) is 11.0. The maximum absolute atomic E-state index is 3.31. The summed E-state index contributed by atoms with van der Waals surface area (Å²) in [6.07, 6.45) is 2.78. The summed E-state index contributed by atoms with van der Waals surface area (Å²) in [5.41, 5.74) is 0. The van der Waals surface area contributed by atoms with Gasteiger partial charge in [-0.3, -0.25) is 4.90 Å². The lowest BCUT2D eigenvalue weighted by atomic mass is 9.95. The third-order valence-electron chi connectivity index (χ3n) is 3.25. The highest BCUT2D eigenvalue weighted by molar-refractivity contribution is 4.79. The van der Waals surface area contributed by atoms with Crippen LogP contribution in [0.1, 0.15) is 33.6 Å². The van der Waals surface area contributed by atoms with Gasteiger partial charge >= 0.3 is 0 Å². The van der Waals surface area contributed by atoms with Gasteiger partial charge in [-0.05, 0) is 39.7 Å². The number of rotatable bonds is 3. The van der Waals surface area contributed by atoms with Crippen LogP contribution in [0.4, 0.5) is 0 Å². The molecule has 0 spiro atoms. The minimum Gasteiger partial charge on any atom is -0.316 e. The standard InChI is InChI=1S/C11H24N2/c1-9-5-6-11(3)13(7-9)8-10(2)12-4/h9-12H,5-8H2,1-4H3. The van der Waals surface area contributed by atoms with Gasteiger partial charge in [0.05, 0.1) is 0 Å². The van der Waals surface area contributed by atoms with Gasteiger partial charge in [0.15, 0.2) is 0 Å². The average Bonchev–Trinajstić information content (AvgIpc) is 2.11. The average molecular weight is 184 g/mol. The second-order valence-corrected chi connectivity index (χ2v) is 4.68. The van der Waals surface area contributed by atoms with Crippen molar-refractivity contribution in [1.82, 2.24) is 10.2 Å². The van der Waals surface area contributed by atoms with Crippen molar-refractivity contribution in [3.63, 3.8) is 0 Å². The van der Waals surface area contributed by atoms with Crippen LogP contribution in [0.2, 0.25) is 0 Å². The van der Waals surface area contributed by atoms with E-state index in [0.29, 0.717) is 6.04 Å². The second kappa shape index (κ2) is 4.97. The Morgan fingerprint density at radius 2 is 2.08 bits per heavy atom. The van der Waals surface area contributed by atoms with Crippen LogP contribution in [0.25, 0.3) is 0 Å². The summed E-state index contributed by atoms with van der Waals surface area (Å²) in [6.45, 7) is 9.46. The molecule has 1 aliphatic rings. The molecule has 2 nitrogen and oxygen atoms in total. The summed E-state index contributed by atoms with van der Waals surface area (Å²) in [6, 6.07) is 1.40. The van der Waals surface area contributed by atoms with E-state index < -0.39 is 0 Å². The van der Waals surface area contributed by atoms with Crippen molar-refractivity contribution in [3.05, 3.63) is 0 Å². The Kier molecular flexibility index (Phi) is 4.20. The Morgan fingerprint density at radius 1 is 1.38 bits per heavy atom. The molecule has 0 radical (unpaired) electrons. The molecule has 1 heterocycles. The Hall–Kier alpha value is -0.0800. The highest BCUT2D eigenvalue weighted by Gasteiger charge is 2.23. The molecule has 3 atom stereocenters. The van der Waals surface area contributed by atoms with Gasteiger partial charge in [0.2, 0.25) is 0 Å². The number of nitrogens with zero attached hydrogens (tertiary/aromatic N) is 1. The van der Waals surface area contributed by atoms with E-state index >= 15 is 0 Å². The van der Waals surface area contributed by atoms with E-state index in [1.165, 1.54) is 25.9 Å². The molecule has 2 heteroatoms. The number of piperidine rings is 1. The molecule has 0 aromatic rings. The van der Waals surface area contributed by atoms with Crippen LogP contribution in [0.3, 0.4) is 0 Å². The largest absolute Gasteiger partial charge is 0.316 e. The van der Waals surface area contributed by atoms with Gasteiger partial charge in [-0.25, -0.2) is 0 Å². The lowest BCUT2D eigenvalue weighted by Gasteiger charge is -2.38. The lowest BCUT2D eigenvalue weighted by molar-refractivity contribution is 0.115. The zero-order valence-corrected chi connectivity index (χ0v) is 9.51. The fourth-order valence-corrected chi connectivity index (χ4v) is 2.08. The molecule has 0 aromatic carbocycles. The highest BCUT2D eigenvalue weighted by Crippen LogP contribution is 2.21. The second-order valence-electron chi connectivity index (χ2n) is 4.68. The molecule has 1 aliphatic heterocycles. The summed E-state index contributed by atoms with van der Waals surface area (Å²) in [4.78, 5) is 2.62. The molecule has 13 heavy (non-hydrogen) atoms. The van der Waals surface area contributed by atoms with Gasteiger partial charge in [-0.15, -0.1) is 0 Å². The molecule has 0 aliphatic carbocycles. The van der Waals surface area contributed by atoms with Crippen LogP contribution in [-0.2, 0) is 0 Å². The van der Waals surface area contributed by atoms with Crippen molar-refractivity contribution < 1.29 is 0 Å². The van der Waals surface area contributed by atoms with Crippen molar-refractivity contribution in [2.75, 3.05) is 20.1 Å². The topological polar surface area (TPSA) is 15.3 Å². The molecular formula is C11H24N2. The molecule has 0 saturated carbocycles. The Labute approximate surface area is 82.7 Å². The Morgan fingerprint density at radius 3 is 2.69 bits per heavy atom. The third kappa shape index (κ3) is 3.28. The monoisotopic (exact) mass is 184 g/mol. The van der Waals surface area contributed by atoms with Crippen LogP contribution in [0, 0.1) is 5.92 Å². The number of likely N-dealkylation sites (tertiary alicyclic amines) is 1. The normalized spacial score (nSPS) is 33.2. The highest BCUT2D eigenvalue weighted by atomic mass is 15.2. The molecule has 1 fully saturated rings. The van der Waals surface area contributed by atoms with Gasteiger partial charge in [-0.2, -0.15) is 0 Å². The van der Waals surface area contributed by atoms with E-state index in [9.17, 15) is 0 Å². The van der Waals surface area contributed by atoms with Gasteiger partial charge in [0.1, 0.15) is 0 Å². The van der Waals surface area contributed by atoms with Crippen molar-refractivity contribution in [3.8, 4) is 0 Å². The van der Waals surface area contributed by atoms with E-state index in [2.05, 4.69) is 31.0 Å². The zero-order valence-electron chi connectivity index (χ0n) is 9.51. The van der Waals surface area contributed by atoms with Gasteiger partial charge < -0.3 is 5.32 Å². The quantitative estimate of drug-likeness (QED) is 0.718. The van der Waals surface area contributed by atoms with Gasteiger partial charge in [-0.1, -0.05) is 6.92 Å². The SMILES string of the molecule is CNC(C)CN1CC(C)CCC1C. The first-order valence-corrected chi connectivity index (χ1v) is 5.54. The number of hydrogen-bond acceptors (Lipinski definition) is 2. The summed E-state index contributed by atoms with van der Waals surface area (Å²) in [5, 5.41) is 3.31. The van der Waals surface area contributed by atoms with Crippen LogP contribution >= 0.6 is 0 Å². The van der Waals surface area contributed by atoms with Crippen LogP contribution in [0.15, 0.2) is 0 Å². The maximum atomic E-state index is 3.31.